The second-order valence-corrected chi connectivity index (χ2v) is 4.84. The zero-order valence-corrected chi connectivity index (χ0v) is 10.3. The highest BCUT2D eigenvalue weighted by molar-refractivity contribution is 5.26. The summed E-state index contributed by atoms with van der Waals surface area (Å²) >= 11 is 0. The van der Waals surface area contributed by atoms with E-state index in [1.165, 1.54) is 6.07 Å². The van der Waals surface area contributed by atoms with Gasteiger partial charge in [0.25, 0.3) is 0 Å². The van der Waals surface area contributed by atoms with Crippen LogP contribution in [0.5, 0.6) is 0 Å². The number of rotatable bonds is 4. The predicted molar refractivity (Wildman–Crippen MR) is 66.3 cm³/mol. The molecule has 3 heteroatoms. The van der Waals surface area contributed by atoms with Crippen molar-refractivity contribution in [3.63, 3.8) is 0 Å². The van der Waals surface area contributed by atoms with Gasteiger partial charge in [0.1, 0.15) is 5.82 Å². The van der Waals surface area contributed by atoms with Gasteiger partial charge in [0.15, 0.2) is 0 Å². The Morgan fingerprint density at radius 2 is 2.35 bits per heavy atom. The average molecular weight is 237 g/mol. The summed E-state index contributed by atoms with van der Waals surface area (Å²) in [4.78, 5) is 0. The van der Waals surface area contributed by atoms with Gasteiger partial charge in [0, 0.05) is 18.2 Å². The maximum absolute atomic E-state index is 13.6. The van der Waals surface area contributed by atoms with E-state index in [1.54, 1.807) is 6.07 Å². The summed E-state index contributed by atoms with van der Waals surface area (Å²) < 4.78 is 19.2. The SMILES string of the molecule is Cc1ccc(F)c(C(N)CCC2CCCO2)c1. The zero-order valence-electron chi connectivity index (χ0n) is 10.3. The van der Waals surface area contributed by atoms with Gasteiger partial charge in [-0.05, 0) is 38.7 Å². The lowest BCUT2D eigenvalue weighted by Crippen LogP contribution is -2.15. The number of aryl methyl sites for hydroxylation is 1. The molecule has 94 valence electrons. The minimum Gasteiger partial charge on any atom is -0.378 e. The van der Waals surface area contributed by atoms with Gasteiger partial charge in [-0.1, -0.05) is 17.7 Å². The molecule has 2 N–H and O–H groups in total. The van der Waals surface area contributed by atoms with Gasteiger partial charge >= 0.3 is 0 Å². The highest BCUT2D eigenvalue weighted by Crippen LogP contribution is 2.24. The largest absolute Gasteiger partial charge is 0.378 e. The summed E-state index contributed by atoms with van der Waals surface area (Å²) in [5, 5.41) is 0. The fraction of sp³-hybridized carbons (Fsp3) is 0.571. The Labute approximate surface area is 102 Å². The highest BCUT2D eigenvalue weighted by Gasteiger charge is 2.18. The van der Waals surface area contributed by atoms with E-state index in [2.05, 4.69) is 0 Å². The van der Waals surface area contributed by atoms with Crippen LogP contribution in [-0.4, -0.2) is 12.7 Å². The van der Waals surface area contributed by atoms with Crippen LogP contribution in [0.4, 0.5) is 4.39 Å². The van der Waals surface area contributed by atoms with Crippen LogP contribution in [0.15, 0.2) is 18.2 Å². The van der Waals surface area contributed by atoms with Crippen LogP contribution in [0.2, 0.25) is 0 Å². The predicted octanol–water partition coefficient (Wildman–Crippen LogP) is 3.09. The van der Waals surface area contributed by atoms with Crippen LogP contribution in [0, 0.1) is 12.7 Å². The maximum Gasteiger partial charge on any atom is 0.127 e. The summed E-state index contributed by atoms with van der Waals surface area (Å²) in [6.45, 7) is 2.81. The normalized spacial score (nSPS) is 21.7. The summed E-state index contributed by atoms with van der Waals surface area (Å²) in [6.07, 6.45) is 4.29. The molecule has 1 heterocycles. The molecule has 1 saturated heterocycles. The molecule has 0 saturated carbocycles. The topological polar surface area (TPSA) is 35.2 Å². The van der Waals surface area contributed by atoms with E-state index in [0.29, 0.717) is 11.7 Å². The van der Waals surface area contributed by atoms with Gasteiger partial charge in [-0.2, -0.15) is 0 Å². The molecule has 1 aliphatic heterocycles. The first-order valence-corrected chi connectivity index (χ1v) is 6.30. The van der Waals surface area contributed by atoms with E-state index in [-0.39, 0.29) is 11.9 Å². The molecule has 0 bridgehead atoms. The standard InChI is InChI=1S/C14H20FNO/c1-10-4-6-13(15)12(9-10)14(16)7-5-11-3-2-8-17-11/h4,6,9,11,14H,2-3,5,7-8,16H2,1H3. The third kappa shape index (κ3) is 3.27. The lowest BCUT2D eigenvalue weighted by atomic mass is 9.98. The van der Waals surface area contributed by atoms with Gasteiger partial charge in [0.05, 0.1) is 6.10 Å². The first-order valence-electron chi connectivity index (χ1n) is 6.30. The van der Waals surface area contributed by atoms with Crippen LogP contribution in [0.25, 0.3) is 0 Å². The molecule has 2 nitrogen and oxygen atoms in total. The van der Waals surface area contributed by atoms with E-state index < -0.39 is 0 Å². The van der Waals surface area contributed by atoms with E-state index in [0.717, 1.165) is 37.9 Å². The van der Waals surface area contributed by atoms with Crippen molar-refractivity contribution in [1.29, 1.82) is 0 Å². The second kappa shape index (κ2) is 5.61. The van der Waals surface area contributed by atoms with Crippen LogP contribution in [-0.2, 0) is 4.74 Å². The molecule has 2 atom stereocenters. The van der Waals surface area contributed by atoms with Crippen LogP contribution in [0.3, 0.4) is 0 Å². The van der Waals surface area contributed by atoms with E-state index in [9.17, 15) is 4.39 Å². The second-order valence-electron chi connectivity index (χ2n) is 4.84. The van der Waals surface area contributed by atoms with Crippen molar-refractivity contribution >= 4 is 0 Å². The minimum absolute atomic E-state index is 0.199. The van der Waals surface area contributed by atoms with Crippen molar-refractivity contribution in [2.45, 2.75) is 44.8 Å². The first kappa shape index (κ1) is 12.5. The Kier molecular flexibility index (Phi) is 4.13. The van der Waals surface area contributed by atoms with Crippen molar-refractivity contribution in [2.24, 2.45) is 5.73 Å². The molecule has 1 aromatic rings. The molecule has 0 amide bonds. The molecular formula is C14H20FNO. The average Bonchev–Trinajstić information content (AvgIpc) is 2.82. The van der Waals surface area contributed by atoms with Gasteiger partial charge in [0.2, 0.25) is 0 Å². The maximum atomic E-state index is 13.6. The molecule has 0 aliphatic carbocycles. The molecule has 0 aromatic heterocycles. The molecule has 1 aromatic carbocycles. The number of hydrogen-bond donors (Lipinski definition) is 1. The number of benzene rings is 1. The fourth-order valence-electron chi connectivity index (χ4n) is 2.34. The molecule has 2 rings (SSSR count). The minimum atomic E-state index is -0.223. The van der Waals surface area contributed by atoms with Gasteiger partial charge in [-0.3, -0.25) is 0 Å². The Hall–Kier alpha value is -0.930. The summed E-state index contributed by atoms with van der Waals surface area (Å²) in [7, 11) is 0. The summed E-state index contributed by atoms with van der Waals surface area (Å²) in [5.74, 6) is -0.199. The monoisotopic (exact) mass is 237 g/mol. The molecule has 0 radical (unpaired) electrons. The van der Waals surface area contributed by atoms with Crippen molar-refractivity contribution in [2.75, 3.05) is 6.61 Å². The molecular weight excluding hydrogens is 217 g/mol. The number of ether oxygens (including phenoxy) is 1. The molecule has 1 fully saturated rings. The third-order valence-electron chi connectivity index (χ3n) is 3.37. The lowest BCUT2D eigenvalue weighted by molar-refractivity contribution is 0.101. The number of nitrogens with two attached hydrogens (primary N) is 1. The highest BCUT2D eigenvalue weighted by atomic mass is 19.1. The van der Waals surface area contributed by atoms with Gasteiger partial charge in [-0.15, -0.1) is 0 Å². The molecule has 0 spiro atoms. The quantitative estimate of drug-likeness (QED) is 0.873. The Morgan fingerprint density at radius 1 is 1.53 bits per heavy atom. The van der Waals surface area contributed by atoms with Crippen molar-refractivity contribution in [3.05, 3.63) is 35.1 Å². The Morgan fingerprint density at radius 3 is 3.06 bits per heavy atom. The van der Waals surface area contributed by atoms with Crippen LogP contribution >= 0.6 is 0 Å². The zero-order chi connectivity index (χ0) is 12.3. The summed E-state index contributed by atoms with van der Waals surface area (Å²) in [6, 6.07) is 4.89. The Balaban J connectivity index is 1.93. The molecule has 17 heavy (non-hydrogen) atoms. The van der Waals surface area contributed by atoms with Gasteiger partial charge < -0.3 is 10.5 Å². The Bertz CT molecular complexity index is 374. The summed E-state index contributed by atoms with van der Waals surface area (Å²) in [5.41, 5.74) is 7.73. The van der Waals surface area contributed by atoms with E-state index >= 15 is 0 Å². The van der Waals surface area contributed by atoms with Crippen LogP contribution in [0.1, 0.15) is 42.9 Å². The smallest absolute Gasteiger partial charge is 0.127 e. The first-order chi connectivity index (χ1) is 8.16. The molecule has 1 aliphatic rings. The van der Waals surface area contributed by atoms with Crippen molar-refractivity contribution < 1.29 is 9.13 Å². The lowest BCUT2D eigenvalue weighted by Gasteiger charge is -2.16. The molecule has 2 unspecified atom stereocenters. The number of hydrogen-bond acceptors (Lipinski definition) is 2. The van der Waals surface area contributed by atoms with Crippen molar-refractivity contribution in [1.82, 2.24) is 0 Å². The van der Waals surface area contributed by atoms with Crippen molar-refractivity contribution in [3.8, 4) is 0 Å². The number of halogens is 1. The van der Waals surface area contributed by atoms with E-state index in [4.69, 9.17) is 10.5 Å². The van der Waals surface area contributed by atoms with Gasteiger partial charge in [-0.25, -0.2) is 4.39 Å². The fourth-order valence-corrected chi connectivity index (χ4v) is 2.34. The van der Waals surface area contributed by atoms with E-state index in [1.807, 2.05) is 13.0 Å². The van der Waals surface area contributed by atoms with Crippen LogP contribution < -0.4 is 5.73 Å². The third-order valence-corrected chi connectivity index (χ3v) is 3.37.